The van der Waals surface area contributed by atoms with Crippen LogP contribution in [0.1, 0.15) is 21.5 Å². The van der Waals surface area contributed by atoms with Crippen LogP contribution in [0.4, 0.5) is 0 Å². The van der Waals surface area contributed by atoms with Crippen molar-refractivity contribution in [3.05, 3.63) is 71.5 Å². The maximum atomic E-state index is 13.3. The van der Waals surface area contributed by atoms with Crippen molar-refractivity contribution in [3.8, 4) is 28.7 Å². The lowest BCUT2D eigenvalue weighted by atomic mass is 10.0. The smallest absolute Gasteiger partial charge is 0.204 e. The molecule has 0 aliphatic carbocycles. The molecule has 1 aromatic heterocycles. The number of carbonyl (C=O) groups excluding carboxylic acids is 1. The summed E-state index contributed by atoms with van der Waals surface area (Å²) >= 11 is 11.0. The lowest BCUT2D eigenvalue weighted by molar-refractivity contribution is 0.0987. The zero-order chi connectivity index (χ0) is 22.9. The minimum Gasteiger partial charge on any atom is -0.493 e. The van der Waals surface area contributed by atoms with Crippen LogP contribution in [-0.4, -0.2) is 31.6 Å². The van der Waals surface area contributed by atoms with Crippen LogP contribution >= 0.6 is 23.7 Å². The first-order valence-electron chi connectivity index (χ1n) is 9.61. The van der Waals surface area contributed by atoms with Crippen LogP contribution in [0.3, 0.4) is 0 Å². The molecule has 0 bridgehead atoms. The summed E-state index contributed by atoms with van der Waals surface area (Å²) in [6.45, 7) is 0.329. The molecule has 0 aliphatic rings. The van der Waals surface area contributed by atoms with Gasteiger partial charge in [-0.3, -0.25) is 9.78 Å². The summed E-state index contributed by atoms with van der Waals surface area (Å²) in [5.41, 5.74) is 1.75. The number of hydrogen-bond donors (Lipinski definition) is 0. The Morgan fingerprint density at radius 3 is 2.16 bits per heavy atom. The molecular formula is C23H21Cl2NO6. The van der Waals surface area contributed by atoms with Crippen LogP contribution < -0.4 is 22.8 Å². The molecule has 0 aliphatic heterocycles. The first-order valence-corrected chi connectivity index (χ1v) is 10.2. The maximum absolute atomic E-state index is 13.3. The number of ether oxygens (including phenoxy) is 3. The van der Waals surface area contributed by atoms with Gasteiger partial charge in [0.2, 0.25) is 5.75 Å². The highest BCUT2D eigenvalue weighted by Crippen LogP contribution is 2.41. The number of benzene rings is 2. The topological polar surface area (TPSA) is 76.1 Å². The quantitative estimate of drug-likeness (QED) is 0.350. The molecule has 3 aromatic rings. The molecule has 0 amide bonds. The summed E-state index contributed by atoms with van der Waals surface area (Å²) in [7, 11) is 3.00. The van der Waals surface area contributed by atoms with Gasteiger partial charge in [0.25, 0.3) is 0 Å². The lowest BCUT2D eigenvalue weighted by Crippen LogP contribution is -2.11. The third-order valence-electron chi connectivity index (χ3n) is 4.76. The molecule has 0 spiro atoms. The van der Waals surface area contributed by atoms with Crippen molar-refractivity contribution in [3.63, 3.8) is 0 Å². The van der Waals surface area contributed by atoms with Crippen molar-refractivity contribution in [2.75, 3.05) is 20.8 Å². The first kappa shape index (κ1) is 23.5. The Balaban J connectivity index is 1.92. The fourth-order valence-corrected chi connectivity index (χ4v) is 3.46. The van der Waals surface area contributed by atoms with E-state index in [1.165, 1.54) is 26.6 Å². The normalized spacial score (nSPS) is 10.4. The Bertz CT molecular complexity index is 1040. The molecule has 3 rings (SSSR count). The Hall–Kier alpha value is -3.16. The minimum atomic E-state index is -0.295. The van der Waals surface area contributed by atoms with Crippen molar-refractivity contribution >= 4 is 29.5 Å². The summed E-state index contributed by atoms with van der Waals surface area (Å²) in [6, 6.07) is 13.1. The van der Waals surface area contributed by atoms with Gasteiger partial charge in [-0.2, -0.15) is 0 Å². The number of hydrogen-bond acceptors (Lipinski definition) is 7. The number of methoxy groups -OCH3 is 2. The van der Waals surface area contributed by atoms with E-state index in [2.05, 4.69) is 4.98 Å². The number of carbonyl (C=O) groups is 1. The van der Waals surface area contributed by atoms with Gasteiger partial charge in [0.1, 0.15) is 23.7 Å². The Morgan fingerprint density at radius 1 is 0.875 bits per heavy atom. The van der Waals surface area contributed by atoms with E-state index in [1.54, 1.807) is 12.1 Å². The van der Waals surface area contributed by atoms with Crippen LogP contribution in [-0.2, 0) is 12.8 Å². The summed E-state index contributed by atoms with van der Waals surface area (Å²) in [5.74, 6) is 1.07. The largest absolute Gasteiger partial charge is 0.493 e. The number of rotatable bonds is 11. The van der Waals surface area contributed by atoms with Crippen molar-refractivity contribution in [2.45, 2.75) is 12.8 Å². The average Bonchev–Trinajstić information content (AvgIpc) is 2.84. The molecule has 9 heteroatoms. The highest BCUT2D eigenvalue weighted by Gasteiger charge is 2.24. The Morgan fingerprint density at radius 2 is 1.56 bits per heavy atom. The molecule has 32 heavy (non-hydrogen) atoms. The van der Waals surface area contributed by atoms with Crippen LogP contribution in [0.15, 0.2) is 54.9 Å². The number of pyridine rings is 1. The van der Waals surface area contributed by atoms with E-state index in [1.807, 2.05) is 30.3 Å². The van der Waals surface area contributed by atoms with E-state index in [0.717, 1.165) is 5.56 Å². The molecule has 0 N–H and O–H groups in total. The summed E-state index contributed by atoms with van der Waals surface area (Å²) in [5, 5.41) is 0. The predicted octanol–water partition coefficient (Wildman–Crippen LogP) is 5.21. The number of nitrogens with zero attached hydrogens (tertiary/aromatic N) is 1. The van der Waals surface area contributed by atoms with Crippen LogP contribution in [0, 0.1) is 0 Å². The number of Topliss-reactive ketones (excluding diaryl/α,β-unsaturated/α-hetero) is 1. The Labute approximate surface area is 196 Å². The van der Waals surface area contributed by atoms with E-state index in [9.17, 15) is 4.79 Å². The predicted molar refractivity (Wildman–Crippen MR) is 120 cm³/mol. The second-order valence-corrected chi connectivity index (χ2v) is 6.94. The van der Waals surface area contributed by atoms with Crippen LogP contribution in [0.2, 0.25) is 0 Å². The molecule has 0 saturated carbocycles. The van der Waals surface area contributed by atoms with Crippen LogP contribution in [0.25, 0.3) is 0 Å². The molecular weight excluding hydrogens is 457 g/mol. The molecule has 7 nitrogen and oxygen atoms in total. The van der Waals surface area contributed by atoms with Gasteiger partial charge in [-0.25, -0.2) is 0 Å². The van der Waals surface area contributed by atoms with Gasteiger partial charge >= 0.3 is 0 Å². The second kappa shape index (κ2) is 11.5. The van der Waals surface area contributed by atoms with Crippen molar-refractivity contribution in [1.29, 1.82) is 0 Å². The van der Waals surface area contributed by atoms with E-state index >= 15 is 0 Å². The second-order valence-electron chi connectivity index (χ2n) is 6.63. The van der Waals surface area contributed by atoms with Gasteiger partial charge in [-0.15, -0.1) is 0 Å². The third kappa shape index (κ3) is 5.36. The zero-order valence-corrected chi connectivity index (χ0v) is 19.0. The van der Waals surface area contributed by atoms with Gasteiger partial charge in [-0.05, 0) is 17.7 Å². The molecule has 0 unspecified atom stereocenters. The van der Waals surface area contributed by atoms with E-state index in [4.69, 9.17) is 46.5 Å². The fourth-order valence-electron chi connectivity index (χ4n) is 3.19. The van der Waals surface area contributed by atoms with Crippen LogP contribution in [0.5, 0.6) is 28.7 Å². The maximum Gasteiger partial charge on any atom is 0.204 e. The summed E-state index contributed by atoms with van der Waals surface area (Å²) in [6.07, 6.45) is 3.24. The minimum absolute atomic E-state index is 0.128. The molecule has 168 valence electrons. The van der Waals surface area contributed by atoms with Gasteiger partial charge in [0, 0.05) is 12.8 Å². The lowest BCUT2D eigenvalue weighted by Gasteiger charge is -2.17. The van der Waals surface area contributed by atoms with Gasteiger partial charge in [0.15, 0.2) is 28.8 Å². The van der Waals surface area contributed by atoms with Gasteiger partial charge in [0.05, 0.1) is 44.3 Å². The standard InChI is InChI=1S/C23H21Cl2NO6/c1-28-19-9-8-16(18(27)12-17-20(31-24)13-26-14-21(17)32-25)22(23(19)29-2)30-11-10-15-6-4-3-5-7-15/h3-9,13-14H,10-12H2,1-2H3. The van der Waals surface area contributed by atoms with E-state index < -0.39 is 0 Å². The van der Waals surface area contributed by atoms with Gasteiger partial charge in [-0.1, -0.05) is 30.3 Å². The fraction of sp³-hybridized carbons (Fsp3) is 0.217. The Kier molecular flexibility index (Phi) is 8.41. The summed E-state index contributed by atoms with van der Waals surface area (Å²) in [4.78, 5) is 17.2. The molecule has 0 fully saturated rings. The summed E-state index contributed by atoms with van der Waals surface area (Å²) < 4.78 is 26.5. The van der Waals surface area contributed by atoms with Crippen molar-refractivity contribution in [2.24, 2.45) is 0 Å². The molecule has 2 aromatic carbocycles. The highest BCUT2D eigenvalue weighted by atomic mass is 35.5. The third-order valence-corrected chi connectivity index (χ3v) is 5.09. The molecule has 0 saturated heterocycles. The average molecular weight is 478 g/mol. The van der Waals surface area contributed by atoms with Crippen molar-refractivity contribution < 1.29 is 27.6 Å². The number of halogens is 2. The highest BCUT2D eigenvalue weighted by molar-refractivity contribution is 6.10. The first-order chi connectivity index (χ1) is 15.6. The van der Waals surface area contributed by atoms with E-state index in [0.29, 0.717) is 35.7 Å². The number of aromatic nitrogens is 1. The monoisotopic (exact) mass is 477 g/mol. The van der Waals surface area contributed by atoms with Crippen molar-refractivity contribution in [1.82, 2.24) is 4.98 Å². The molecule has 0 radical (unpaired) electrons. The van der Waals surface area contributed by atoms with E-state index in [-0.39, 0.29) is 29.5 Å². The molecule has 0 atom stereocenters. The SMILES string of the molecule is COc1ccc(C(=O)Cc2c(OCl)cncc2OCl)c(OCCc2ccccc2)c1OC. The molecule has 1 heterocycles. The number of ketones is 1. The van der Waals surface area contributed by atoms with Gasteiger partial charge < -0.3 is 22.8 Å². The zero-order valence-electron chi connectivity index (χ0n) is 17.5.